The van der Waals surface area contributed by atoms with Crippen LogP contribution in [-0.4, -0.2) is 17.9 Å². The van der Waals surface area contributed by atoms with Crippen LogP contribution in [0.5, 0.6) is 0 Å². The van der Waals surface area contributed by atoms with E-state index >= 15 is 0 Å². The van der Waals surface area contributed by atoms with Gasteiger partial charge in [0.25, 0.3) is 0 Å². The lowest BCUT2D eigenvalue weighted by atomic mass is 9.68. The first-order valence-corrected chi connectivity index (χ1v) is 8.19. The molecule has 1 aromatic carbocycles. The summed E-state index contributed by atoms with van der Waals surface area (Å²) in [5.74, 6) is 0.475. The Kier molecular flexibility index (Phi) is 4.90. The molecule has 1 fully saturated rings. The maximum atomic E-state index is 12.7. The van der Waals surface area contributed by atoms with Gasteiger partial charge >= 0.3 is 0 Å². The summed E-state index contributed by atoms with van der Waals surface area (Å²) in [7, 11) is 1.92. The van der Waals surface area contributed by atoms with Gasteiger partial charge in [-0.2, -0.15) is 0 Å². The molecule has 1 aliphatic carbocycles. The molecule has 0 radical (unpaired) electrons. The van der Waals surface area contributed by atoms with Crippen molar-refractivity contribution in [3.05, 3.63) is 34.3 Å². The molecule has 3 heteroatoms. The maximum Gasteiger partial charge on any atom is 0.226 e. The third kappa shape index (κ3) is 3.63. The lowest BCUT2D eigenvalue weighted by Gasteiger charge is -2.39. The van der Waals surface area contributed by atoms with Gasteiger partial charge in [0.2, 0.25) is 5.91 Å². The number of amides is 1. The van der Waals surface area contributed by atoms with Gasteiger partial charge in [-0.3, -0.25) is 4.79 Å². The second-order valence-corrected chi connectivity index (χ2v) is 7.53. The summed E-state index contributed by atoms with van der Waals surface area (Å²) in [4.78, 5) is 14.6. The van der Waals surface area contributed by atoms with Gasteiger partial charge in [0.05, 0.1) is 0 Å². The normalized spacial score (nSPS) is 21.5. The van der Waals surface area contributed by atoms with E-state index in [9.17, 15) is 4.79 Å². The Labute approximate surface area is 130 Å². The predicted octanol–water partition coefficient (Wildman–Crippen LogP) is 4.62. The first-order chi connectivity index (χ1) is 9.40. The highest BCUT2D eigenvalue weighted by Crippen LogP contribution is 2.41. The molecule has 110 valence electrons. The van der Waals surface area contributed by atoms with Crippen molar-refractivity contribution < 1.29 is 4.79 Å². The topological polar surface area (TPSA) is 20.3 Å². The Hall–Kier alpha value is -0.830. The van der Waals surface area contributed by atoms with Gasteiger partial charge in [0.15, 0.2) is 0 Å². The van der Waals surface area contributed by atoms with Gasteiger partial charge in [-0.25, -0.2) is 0 Å². The molecule has 0 heterocycles. The molecular formula is C17H24BrNO. The van der Waals surface area contributed by atoms with Gasteiger partial charge in [-0.1, -0.05) is 54.8 Å². The van der Waals surface area contributed by atoms with E-state index in [-0.39, 0.29) is 11.3 Å². The van der Waals surface area contributed by atoms with Crippen molar-refractivity contribution in [1.82, 2.24) is 4.90 Å². The van der Waals surface area contributed by atoms with Crippen molar-refractivity contribution in [1.29, 1.82) is 0 Å². The molecule has 0 spiro atoms. The van der Waals surface area contributed by atoms with Crippen LogP contribution in [0.3, 0.4) is 0 Å². The Morgan fingerprint density at radius 3 is 2.80 bits per heavy atom. The van der Waals surface area contributed by atoms with E-state index in [1.165, 1.54) is 18.4 Å². The number of halogens is 1. The van der Waals surface area contributed by atoms with E-state index < -0.39 is 0 Å². The van der Waals surface area contributed by atoms with Crippen LogP contribution >= 0.6 is 15.9 Å². The standard InChI is InChI=1S/C17H24BrNO/c1-17(2)10-5-4-9-15(17)16(20)19(3)12-13-7-6-8-14(18)11-13/h6-8,11,15H,4-5,9-10,12H2,1-3H3. The Morgan fingerprint density at radius 2 is 2.15 bits per heavy atom. The summed E-state index contributed by atoms with van der Waals surface area (Å²) >= 11 is 3.48. The first-order valence-electron chi connectivity index (χ1n) is 7.39. The quantitative estimate of drug-likeness (QED) is 0.787. The molecule has 0 saturated heterocycles. The van der Waals surface area contributed by atoms with E-state index in [1.54, 1.807) is 0 Å². The number of hydrogen-bond acceptors (Lipinski definition) is 1. The van der Waals surface area contributed by atoms with Crippen LogP contribution in [0, 0.1) is 11.3 Å². The van der Waals surface area contributed by atoms with E-state index in [0.717, 1.165) is 17.3 Å². The van der Waals surface area contributed by atoms with Crippen LogP contribution in [0.25, 0.3) is 0 Å². The molecule has 0 aromatic heterocycles. The largest absolute Gasteiger partial charge is 0.341 e. The lowest BCUT2D eigenvalue weighted by Crippen LogP contribution is -2.41. The molecule has 2 rings (SSSR count). The fraction of sp³-hybridized carbons (Fsp3) is 0.588. The predicted molar refractivity (Wildman–Crippen MR) is 86.4 cm³/mol. The van der Waals surface area contributed by atoms with Crippen LogP contribution in [0.15, 0.2) is 28.7 Å². The molecule has 2 nitrogen and oxygen atoms in total. The highest BCUT2D eigenvalue weighted by Gasteiger charge is 2.38. The summed E-state index contributed by atoms with van der Waals surface area (Å²) in [5.41, 5.74) is 1.31. The third-order valence-corrected chi connectivity index (χ3v) is 4.98. The van der Waals surface area contributed by atoms with Crippen molar-refractivity contribution in [2.24, 2.45) is 11.3 Å². The zero-order chi connectivity index (χ0) is 14.8. The van der Waals surface area contributed by atoms with Gasteiger partial charge in [-0.05, 0) is 36.0 Å². The molecule has 0 aliphatic heterocycles. The molecule has 1 aliphatic rings. The van der Waals surface area contributed by atoms with Crippen LogP contribution in [-0.2, 0) is 11.3 Å². The first kappa shape index (κ1) is 15.6. The summed E-state index contributed by atoms with van der Waals surface area (Å²) in [6, 6.07) is 8.17. The summed E-state index contributed by atoms with van der Waals surface area (Å²) in [5, 5.41) is 0. The van der Waals surface area contributed by atoms with Crippen LogP contribution in [0.2, 0.25) is 0 Å². The fourth-order valence-electron chi connectivity index (χ4n) is 3.20. The number of rotatable bonds is 3. The van der Waals surface area contributed by atoms with Crippen LogP contribution in [0.1, 0.15) is 45.1 Å². The Bertz CT molecular complexity index is 484. The zero-order valence-electron chi connectivity index (χ0n) is 12.7. The minimum atomic E-state index is 0.140. The number of nitrogens with zero attached hydrogens (tertiary/aromatic N) is 1. The molecule has 20 heavy (non-hydrogen) atoms. The van der Waals surface area contributed by atoms with Crippen molar-refractivity contribution in [3.8, 4) is 0 Å². The molecule has 1 saturated carbocycles. The second kappa shape index (κ2) is 6.30. The molecule has 1 aromatic rings. The molecule has 1 amide bonds. The second-order valence-electron chi connectivity index (χ2n) is 6.61. The molecule has 0 bridgehead atoms. The van der Waals surface area contributed by atoms with E-state index in [2.05, 4.69) is 41.9 Å². The molecular weight excluding hydrogens is 314 g/mol. The fourth-order valence-corrected chi connectivity index (χ4v) is 3.65. The Morgan fingerprint density at radius 1 is 1.40 bits per heavy atom. The lowest BCUT2D eigenvalue weighted by molar-refractivity contribution is -0.140. The average molecular weight is 338 g/mol. The smallest absolute Gasteiger partial charge is 0.226 e. The minimum Gasteiger partial charge on any atom is -0.341 e. The molecule has 0 N–H and O–H groups in total. The van der Waals surface area contributed by atoms with Crippen molar-refractivity contribution in [2.45, 2.75) is 46.1 Å². The SMILES string of the molecule is CN(Cc1cccc(Br)c1)C(=O)C1CCCCC1(C)C. The summed E-state index contributed by atoms with van der Waals surface area (Å²) in [6.07, 6.45) is 4.64. The summed E-state index contributed by atoms with van der Waals surface area (Å²) < 4.78 is 1.06. The van der Waals surface area contributed by atoms with Gasteiger partial charge in [0, 0.05) is 24.0 Å². The van der Waals surface area contributed by atoms with Gasteiger partial charge in [0.1, 0.15) is 0 Å². The number of hydrogen-bond donors (Lipinski definition) is 0. The molecule has 1 atom stereocenters. The van der Waals surface area contributed by atoms with Gasteiger partial charge < -0.3 is 4.90 Å². The number of carbonyl (C=O) groups excluding carboxylic acids is 1. The monoisotopic (exact) mass is 337 g/mol. The zero-order valence-corrected chi connectivity index (χ0v) is 14.2. The number of benzene rings is 1. The van der Waals surface area contributed by atoms with Gasteiger partial charge in [-0.15, -0.1) is 0 Å². The third-order valence-electron chi connectivity index (χ3n) is 4.49. The van der Waals surface area contributed by atoms with E-state index in [1.807, 2.05) is 24.1 Å². The molecule has 1 unspecified atom stereocenters. The van der Waals surface area contributed by atoms with Crippen molar-refractivity contribution in [3.63, 3.8) is 0 Å². The van der Waals surface area contributed by atoms with Crippen molar-refractivity contribution in [2.75, 3.05) is 7.05 Å². The Balaban J connectivity index is 2.05. The number of carbonyl (C=O) groups is 1. The van der Waals surface area contributed by atoms with E-state index in [4.69, 9.17) is 0 Å². The van der Waals surface area contributed by atoms with E-state index in [0.29, 0.717) is 12.5 Å². The highest BCUT2D eigenvalue weighted by molar-refractivity contribution is 9.10. The van der Waals surface area contributed by atoms with Crippen LogP contribution in [0.4, 0.5) is 0 Å². The van der Waals surface area contributed by atoms with Crippen LogP contribution < -0.4 is 0 Å². The average Bonchev–Trinajstić information content (AvgIpc) is 2.37. The minimum absolute atomic E-state index is 0.140. The summed E-state index contributed by atoms with van der Waals surface area (Å²) in [6.45, 7) is 5.16. The van der Waals surface area contributed by atoms with Crippen molar-refractivity contribution >= 4 is 21.8 Å². The highest BCUT2D eigenvalue weighted by atomic mass is 79.9. The maximum absolute atomic E-state index is 12.7.